The Hall–Kier alpha value is -3.15. The molecule has 1 aliphatic heterocycles. The maximum Gasteiger partial charge on any atom is 0.278 e. The summed E-state index contributed by atoms with van der Waals surface area (Å²) in [4.78, 5) is 31.7. The molecule has 5 nitrogen and oxygen atoms in total. The van der Waals surface area contributed by atoms with Crippen LogP contribution in [0, 0.1) is 0 Å². The average molecular weight is 424 g/mol. The van der Waals surface area contributed by atoms with E-state index in [0.717, 1.165) is 5.56 Å². The van der Waals surface area contributed by atoms with Crippen LogP contribution in [0.2, 0.25) is 10.0 Å². The number of benzene rings is 2. The van der Waals surface area contributed by atoms with E-state index in [9.17, 15) is 9.59 Å². The number of pyridine rings is 1. The SMILES string of the molecule is O=C1C(Nc2ccccc2)=C(c2ccc(Cl)cc2Cl)C(=O)N1Cc1cccnc1. The number of rotatable bonds is 5. The van der Waals surface area contributed by atoms with Crippen molar-refractivity contribution in [3.8, 4) is 0 Å². The van der Waals surface area contributed by atoms with Gasteiger partial charge in [-0.05, 0) is 35.9 Å². The highest BCUT2D eigenvalue weighted by atomic mass is 35.5. The van der Waals surface area contributed by atoms with Gasteiger partial charge in [-0.3, -0.25) is 19.5 Å². The van der Waals surface area contributed by atoms with Gasteiger partial charge >= 0.3 is 0 Å². The first-order valence-electron chi connectivity index (χ1n) is 8.81. The minimum Gasteiger partial charge on any atom is -0.350 e. The molecule has 0 radical (unpaired) electrons. The highest BCUT2D eigenvalue weighted by Crippen LogP contribution is 2.35. The molecular formula is C22H15Cl2N3O2. The molecule has 1 N–H and O–H groups in total. The predicted molar refractivity (Wildman–Crippen MR) is 113 cm³/mol. The van der Waals surface area contributed by atoms with Gasteiger partial charge in [0.15, 0.2) is 0 Å². The zero-order valence-electron chi connectivity index (χ0n) is 15.1. The predicted octanol–water partition coefficient (Wildman–Crippen LogP) is 4.78. The van der Waals surface area contributed by atoms with E-state index in [1.165, 1.54) is 4.90 Å². The molecular weight excluding hydrogens is 409 g/mol. The Morgan fingerprint density at radius 2 is 1.72 bits per heavy atom. The number of carbonyl (C=O) groups is 2. The molecule has 0 aliphatic carbocycles. The first-order chi connectivity index (χ1) is 14.0. The highest BCUT2D eigenvalue weighted by Gasteiger charge is 2.40. The van der Waals surface area contributed by atoms with Crippen LogP contribution in [0.5, 0.6) is 0 Å². The van der Waals surface area contributed by atoms with E-state index < -0.39 is 11.8 Å². The van der Waals surface area contributed by atoms with Crippen LogP contribution in [0.25, 0.3) is 5.57 Å². The van der Waals surface area contributed by atoms with E-state index in [4.69, 9.17) is 23.2 Å². The number of hydrogen-bond acceptors (Lipinski definition) is 4. The van der Waals surface area contributed by atoms with E-state index in [1.807, 2.05) is 36.4 Å². The molecule has 0 fully saturated rings. The Bertz CT molecular complexity index is 1120. The molecule has 0 spiro atoms. The average Bonchev–Trinajstić information content (AvgIpc) is 2.94. The molecule has 0 atom stereocenters. The third kappa shape index (κ3) is 3.88. The summed E-state index contributed by atoms with van der Waals surface area (Å²) in [5, 5.41) is 3.83. The summed E-state index contributed by atoms with van der Waals surface area (Å²) in [7, 11) is 0. The van der Waals surface area contributed by atoms with Crippen LogP contribution in [0.3, 0.4) is 0 Å². The molecule has 1 aliphatic rings. The largest absolute Gasteiger partial charge is 0.350 e. The molecule has 144 valence electrons. The molecule has 0 unspecified atom stereocenters. The number of anilines is 1. The summed E-state index contributed by atoms with van der Waals surface area (Å²) in [6, 6.07) is 17.6. The summed E-state index contributed by atoms with van der Waals surface area (Å²) < 4.78 is 0. The minimum absolute atomic E-state index is 0.111. The lowest BCUT2D eigenvalue weighted by Crippen LogP contribution is -2.32. The molecule has 29 heavy (non-hydrogen) atoms. The van der Waals surface area contributed by atoms with Crippen molar-refractivity contribution < 1.29 is 9.59 Å². The van der Waals surface area contributed by atoms with Crippen molar-refractivity contribution in [1.82, 2.24) is 9.88 Å². The molecule has 2 heterocycles. The fraction of sp³-hybridized carbons (Fsp3) is 0.0455. The van der Waals surface area contributed by atoms with Gasteiger partial charge in [-0.1, -0.05) is 53.5 Å². The van der Waals surface area contributed by atoms with Gasteiger partial charge in [0.25, 0.3) is 11.8 Å². The number of hydrogen-bond donors (Lipinski definition) is 1. The summed E-state index contributed by atoms with van der Waals surface area (Å²) in [6.07, 6.45) is 3.26. The smallest absolute Gasteiger partial charge is 0.278 e. The number of imide groups is 1. The minimum atomic E-state index is -0.429. The van der Waals surface area contributed by atoms with Crippen molar-refractivity contribution in [3.05, 3.63) is 99.9 Å². The quantitative estimate of drug-likeness (QED) is 0.599. The summed E-state index contributed by atoms with van der Waals surface area (Å²) >= 11 is 12.4. The topological polar surface area (TPSA) is 62.3 Å². The van der Waals surface area contributed by atoms with Crippen LogP contribution in [-0.4, -0.2) is 21.7 Å². The maximum absolute atomic E-state index is 13.3. The van der Waals surface area contributed by atoms with Gasteiger partial charge in [-0.15, -0.1) is 0 Å². The van der Waals surface area contributed by atoms with E-state index in [2.05, 4.69) is 10.3 Å². The number of aromatic nitrogens is 1. The van der Waals surface area contributed by atoms with E-state index >= 15 is 0 Å². The van der Waals surface area contributed by atoms with Crippen LogP contribution in [0.4, 0.5) is 5.69 Å². The summed E-state index contributed by atoms with van der Waals surface area (Å²) in [5.74, 6) is -0.856. The van der Waals surface area contributed by atoms with Gasteiger partial charge in [0.05, 0.1) is 17.1 Å². The van der Waals surface area contributed by atoms with Crippen molar-refractivity contribution >= 4 is 46.3 Å². The van der Waals surface area contributed by atoms with Crippen LogP contribution in [-0.2, 0) is 16.1 Å². The monoisotopic (exact) mass is 423 g/mol. The van der Waals surface area contributed by atoms with Crippen molar-refractivity contribution in [2.75, 3.05) is 5.32 Å². The zero-order chi connectivity index (χ0) is 20.4. The van der Waals surface area contributed by atoms with Crippen molar-refractivity contribution in [1.29, 1.82) is 0 Å². The molecule has 4 rings (SSSR count). The number of amides is 2. The highest BCUT2D eigenvalue weighted by molar-refractivity contribution is 6.41. The van der Waals surface area contributed by atoms with Crippen molar-refractivity contribution in [2.45, 2.75) is 6.54 Å². The molecule has 0 saturated heterocycles. The third-order valence-electron chi connectivity index (χ3n) is 4.48. The molecule has 7 heteroatoms. The maximum atomic E-state index is 13.3. The molecule has 2 amide bonds. The van der Waals surface area contributed by atoms with Crippen LogP contribution < -0.4 is 5.32 Å². The number of nitrogens with one attached hydrogen (secondary N) is 1. The van der Waals surface area contributed by atoms with Gasteiger partial charge < -0.3 is 5.32 Å². The first-order valence-corrected chi connectivity index (χ1v) is 9.57. The number of halogens is 2. The Balaban J connectivity index is 1.78. The summed E-state index contributed by atoms with van der Waals surface area (Å²) in [5.41, 5.74) is 2.27. The second kappa shape index (κ2) is 8.07. The fourth-order valence-electron chi connectivity index (χ4n) is 3.12. The van der Waals surface area contributed by atoms with Gasteiger partial charge in [0.1, 0.15) is 5.70 Å². The van der Waals surface area contributed by atoms with E-state index in [-0.39, 0.29) is 17.8 Å². The Kier molecular flexibility index (Phi) is 5.34. The van der Waals surface area contributed by atoms with Crippen molar-refractivity contribution in [3.63, 3.8) is 0 Å². The lowest BCUT2D eigenvalue weighted by Gasteiger charge is -2.15. The van der Waals surface area contributed by atoms with Gasteiger partial charge in [0, 0.05) is 28.7 Å². The normalized spacial score (nSPS) is 13.9. The van der Waals surface area contributed by atoms with Crippen LogP contribution >= 0.6 is 23.2 Å². The lowest BCUT2D eigenvalue weighted by atomic mass is 10.0. The van der Waals surface area contributed by atoms with Crippen LogP contribution in [0.1, 0.15) is 11.1 Å². The summed E-state index contributed by atoms with van der Waals surface area (Å²) in [6.45, 7) is 0.111. The van der Waals surface area contributed by atoms with Gasteiger partial charge in [-0.25, -0.2) is 0 Å². The number of carbonyl (C=O) groups excluding carboxylic acids is 2. The molecule has 3 aromatic rings. The van der Waals surface area contributed by atoms with Crippen molar-refractivity contribution in [2.24, 2.45) is 0 Å². The van der Waals surface area contributed by atoms with E-state index in [0.29, 0.717) is 21.3 Å². The molecule has 0 saturated carbocycles. The third-order valence-corrected chi connectivity index (χ3v) is 5.02. The lowest BCUT2D eigenvalue weighted by molar-refractivity contribution is -0.137. The zero-order valence-corrected chi connectivity index (χ0v) is 16.6. The Morgan fingerprint density at radius 3 is 2.41 bits per heavy atom. The second-order valence-corrected chi connectivity index (χ2v) is 7.27. The Morgan fingerprint density at radius 1 is 0.931 bits per heavy atom. The van der Waals surface area contributed by atoms with Gasteiger partial charge in [0.2, 0.25) is 0 Å². The molecule has 0 bridgehead atoms. The van der Waals surface area contributed by atoms with Gasteiger partial charge in [-0.2, -0.15) is 0 Å². The van der Waals surface area contributed by atoms with Crippen LogP contribution in [0.15, 0.2) is 78.8 Å². The second-order valence-electron chi connectivity index (χ2n) is 6.42. The number of nitrogens with zero attached hydrogens (tertiary/aromatic N) is 2. The molecule has 2 aromatic carbocycles. The van der Waals surface area contributed by atoms with E-state index in [1.54, 1.807) is 36.7 Å². The standard InChI is InChI=1S/C22H15Cl2N3O2/c23-15-8-9-17(18(24)11-15)19-20(26-16-6-2-1-3-7-16)22(29)27(21(19)28)13-14-5-4-10-25-12-14/h1-12,26H,13H2. The number of para-hydroxylation sites is 1. The Labute approximate surface area is 177 Å². The first kappa shape index (κ1) is 19.2. The fourth-order valence-corrected chi connectivity index (χ4v) is 3.62. The molecule has 1 aromatic heterocycles.